The first-order valence-corrected chi connectivity index (χ1v) is 5.25. The highest BCUT2D eigenvalue weighted by Crippen LogP contribution is 2.13. The van der Waals surface area contributed by atoms with Gasteiger partial charge in [0.2, 0.25) is 0 Å². The van der Waals surface area contributed by atoms with Crippen molar-refractivity contribution < 1.29 is 0 Å². The van der Waals surface area contributed by atoms with E-state index in [1.807, 2.05) is 24.0 Å². The van der Waals surface area contributed by atoms with Gasteiger partial charge in [0.1, 0.15) is 5.82 Å². The van der Waals surface area contributed by atoms with E-state index in [2.05, 4.69) is 22.7 Å². The van der Waals surface area contributed by atoms with Crippen LogP contribution in [0, 0.1) is 0 Å². The van der Waals surface area contributed by atoms with Crippen LogP contribution in [0.25, 0.3) is 0 Å². The topological polar surface area (TPSA) is 41.9 Å². The van der Waals surface area contributed by atoms with Gasteiger partial charge in [0.25, 0.3) is 0 Å². The maximum atomic E-state index is 4.32. The van der Waals surface area contributed by atoms with Crippen LogP contribution in [0.1, 0.15) is 19.8 Å². The highest BCUT2D eigenvalue weighted by molar-refractivity contribution is 5.34. The van der Waals surface area contributed by atoms with Crippen LogP contribution in [0.15, 0.2) is 12.3 Å². The van der Waals surface area contributed by atoms with Crippen LogP contribution in [-0.2, 0) is 7.05 Å². The predicted molar refractivity (Wildman–Crippen MR) is 57.3 cm³/mol. The summed E-state index contributed by atoms with van der Waals surface area (Å²) in [7, 11) is 1.94. The van der Waals surface area contributed by atoms with Gasteiger partial charge in [-0.05, 0) is 26.3 Å². The fraction of sp³-hybridized carbons (Fsp3) is 0.700. The molecular weight excluding hydrogens is 176 g/mol. The molecule has 2 rings (SSSR count). The molecule has 2 heterocycles. The Morgan fingerprint density at radius 2 is 2.50 bits per heavy atom. The lowest BCUT2D eigenvalue weighted by atomic mass is 10.00. The van der Waals surface area contributed by atoms with Crippen molar-refractivity contribution in [2.45, 2.75) is 31.8 Å². The molecule has 0 aliphatic carbocycles. The van der Waals surface area contributed by atoms with Gasteiger partial charge in [0.15, 0.2) is 0 Å². The van der Waals surface area contributed by atoms with Gasteiger partial charge in [-0.2, -0.15) is 5.10 Å². The Labute approximate surface area is 84.7 Å². The van der Waals surface area contributed by atoms with Crippen molar-refractivity contribution in [2.24, 2.45) is 7.05 Å². The van der Waals surface area contributed by atoms with Crippen molar-refractivity contribution in [2.75, 3.05) is 11.9 Å². The summed E-state index contributed by atoms with van der Waals surface area (Å²) in [6.45, 7) is 3.36. The Hall–Kier alpha value is -1.03. The largest absolute Gasteiger partial charge is 0.364 e. The summed E-state index contributed by atoms with van der Waals surface area (Å²) in [5, 5.41) is 11.2. The van der Waals surface area contributed by atoms with E-state index in [0.717, 1.165) is 12.4 Å². The molecule has 4 heteroatoms. The zero-order valence-electron chi connectivity index (χ0n) is 8.83. The van der Waals surface area contributed by atoms with E-state index in [0.29, 0.717) is 12.1 Å². The zero-order valence-corrected chi connectivity index (χ0v) is 8.83. The monoisotopic (exact) mass is 194 g/mol. The molecule has 2 unspecified atom stereocenters. The zero-order chi connectivity index (χ0) is 9.97. The highest BCUT2D eigenvalue weighted by atomic mass is 15.3. The number of nitrogens with zero attached hydrogens (tertiary/aromatic N) is 2. The molecule has 2 N–H and O–H groups in total. The van der Waals surface area contributed by atoms with E-state index in [9.17, 15) is 0 Å². The Morgan fingerprint density at radius 1 is 1.64 bits per heavy atom. The number of aromatic nitrogens is 2. The molecule has 1 aliphatic heterocycles. The normalized spacial score (nSPS) is 27.6. The second-order valence-corrected chi connectivity index (χ2v) is 4.01. The molecule has 1 aromatic heterocycles. The molecule has 1 aliphatic rings. The summed E-state index contributed by atoms with van der Waals surface area (Å²) in [5.74, 6) is 0.980. The van der Waals surface area contributed by atoms with E-state index in [1.54, 1.807) is 0 Å². The van der Waals surface area contributed by atoms with Gasteiger partial charge in [0, 0.05) is 31.4 Å². The first-order chi connectivity index (χ1) is 6.75. The highest BCUT2D eigenvalue weighted by Gasteiger charge is 2.20. The molecule has 0 aromatic carbocycles. The third kappa shape index (κ3) is 2.07. The summed E-state index contributed by atoms with van der Waals surface area (Å²) >= 11 is 0. The van der Waals surface area contributed by atoms with Crippen LogP contribution in [0.2, 0.25) is 0 Å². The molecular formula is C10H18N4. The van der Waals surface area contributed by atoms with E-state index < -0.39 is 0 Å². The van der Waals surface area contributed by atoms with Crippen molar-refractivity contribution >= 4 is 5.82 Å². The molecule has 0 bridgehead atoms. The number of aryl methyl sites for hydroxylation is 1. The fourth-order valence-corrected chi connectivity index (χ4v) is 1.92. The standard InChI is InChI=1S/C10H18N4/c1-8-9(4-3-6-11-8)12-10-5-7-14(2)13-10/h5,7-9,11H,3-4,6H2,1-2H3,(H,12,13). The summed E-state index contributed by atoms with van der Waals surface area (Å²) in [4.78, 5) is 0. The fourth-order valence-electron chi connectivity index (χ4n) is 1.92. The molecule has 0 saturated carbocycles. The van der Waals surface area contributed by atoms with Gasteiger partial charge in [-0.25, -0.2) is 0 Å². The number of nitrogens with one attached hydrogen (secondary N) is 2. The second kappa shape index (κ2) is 4.00. The smallest absolute Gasteiger partial charge is 0.148 e. The lowest BCUT2D eigenvalue weighted by molar-refractivity contribution is 0.388. The quantitative estimate of drug-likeness (QED) is 0.737. The summed E-state index contributed by atoms with van der Waals surface area (Å²) in [6, 6.07) is 3.06. The lowest BCUT2D eigenvalue weighted by Gasteiger charge is -2.30. The van der Waals surface area contributed by atoms with Crippen LogP contribution in [0.5, 0.6) is 0 Å². The molecule has 14 heavy (non-hydrogen) atoms. The first kappa shape index (κ1) is 9.52. The van der Waals surface area contributed by atoms with Gasteiger partial charge in [-0.15, -0.1) is 0 Å². The van der Waals surface area contributed by atoms with Crippen molar-refractivity contribution in [3.05, 3.63) is 12.3 Å². The Kier molecular flexibility index (Phi) is 2.72. The summed E-state index contributed by atoms with van der Waals surface area (Å²) in [5.41, 5.74) is 0. The molecule has 4 nitrogen and oxygen atoms in total. The van der Waals surface area contributed by atoms with E-state index in [1.165, 1.54) is 12.8 Å². The van der Waals surface area contributed by atoms with Crippen molar-refractivity contribution in [1.82, 2.24) is 15.1 Å². The minimum absolute atomic E-state index is 0.513. The Morgan fingerprint density at radius 3 is 3.14 bits per heavy atom. The van der Waals surface area contributed by atoms with E-state index >= 15 is 0 Å². The number of rotatable bonds is 2. The molecule has 1 saturated heterocycles. The van der Waals surface area contributed by atoms with Crippen LogP contribution in [-0.4, -0.2) is 28.4 Å². The third-order valence-corrected chi connectivity index (χ3v) is 2.81. The molecule has 0 amide bonds. The van der Waals surface area contributed by atoms with Crippen LogP contribution in [0.3, 0.4) is 0 Å². The number of hydrogen-bond donors (Lipinski definition) is 2. The first-order valence-electron chi connectivity index (χ1n) is 5.25. The van der Waals surface area contributed by atoms with E-state index in [4.69, 9.17) is 0 Å². The molecule has 1 aromatic rings. The minimum atomic E-state index is 0.513. The van der Waals surface area contributed by atoms with Gasteiger partial charge in [-0.3, -0.25) is 4.68 Å². The Bertz CT molecular complexity index is 294. The average molecular weight is 194 g/mol. The number of piperidine rings is 1. The second-order valence-electron chi connectivity index (χ2n) is 4.01. The van der Waals surface area contributed by atoms with Crippen LogP contribution in [0.4, 0.5) is 5.82 Å². The van der Waals surface area contributed by atoms with Gasteiger partial charge in [-0.1, -0.05) is 0 Å². The average Bonchev–Trinajstić information content (AvgIpc) is 2.56. The van der Waals surface area contributed by atoms with Gasteiger partial charge in [0.05, 0.1) is 0 Å². The summed E-state index contributed by atoms with van der Waals surface area (Å²) < 4.78 is 1.82. The maximum absolute atomic E-state index is 4.32. The minimum Gasteiger partial charge on any atom is -0.364 e. The third-order valence-electron chi connectivity index (χ3n) is 2.81. The van der Waals surface area contributed by atoms with Crippen molar-refractivity contribution in [1.29, 1.82) is 0 Å². The SMILES string of the molecule is CC1NCCCC1Nc1ccn(C)n1. The maximum Gasteiger partial charge on any atom is 0.148 e. The molecule has 78 valence electrons. The summed E-state index contributed by atoms with van der Waals surface area (Å²) in [6.07, 6.45) is 4.43. The molecule has 2 atom stereocenters. The van der Waals surface area contributed by atoms with Crippen LogP contribution >= 0.6 is 0 Å². The number of hydrogen-bond acceptors (Lipinski definition) is 3. The van der Waals surface area contributed by atoms with Gasteiger partial charge >= 0.3 is 0 Å². The van der Waals surface area contributed by atoms with Crippen molar-refractivity contribution in [3.8, 4) is 0 Å². The Balaban J connectivity index is 1.95. The lowest BCUT2D eigenvalue weighted by Crippen LogP contribution is -2.46. The van der Waals surface area contributed by atoms with E-state index in [-0.39, 0.29) is 0 Å². The predicted octanol–water partition coefficient (Wildman–Crippen LogP) is 0.972. The van der Waals surface area contributed by atoms with Crippen molar-refractivity contribution in [3.63, 3.8) is 0 Å². The molecule has 0 radical (unpaired) electrons. The molecule has 0 spiro atoms. The van der Waals surface area contributed by atoms with Gasteiger partial charge < -0.3 is 10.6 Å². The molecule has 1 fully saturated rings. The number of anilines is 1. The van der Waals surface area contributed by atoms with Crippen LogP contribution < -0.4 is 10.6 Å².